The Morgan fingerprint density at radius 1 is 1.20 bits per heavy atom. The van der Waals surface area contributed by atoms with Crippen LogP contribution in [0.1, 0.15) is 0 Å². The molecule has 2 heteroatoms. The average Bonchev–Trinajstić information content (AvgIpc) is 2.36. The zero-order valence-electron chi connectivity index (χ0n) is 5.17. The van der Waals surface area contributed by atoms with Crippen molar-refractivity contribution in [2.45, 2.75) is 0 Å². The first-order chi connectivity index (χ1) is 4.88. The number of benzene rings is 1. The first-order valence-electron chi connectivity index (χ1n) is 2.99. The van der Waals surface area contributed by atoms with E-state index in [1.54, 1.807) is 0 Å². The van der Waals surface area contributed by atoms with Crippen LogP contribution in [0.25, 0.3) is 9.65 Å². The van der Waals surface area contributed by atoms with Crippen molar-refractivity contribution in [1.29, 1.82) is 0 Å². The van der Waals surface area contributed by atoms with E-state index in [1.165, 1.54) is 9.65 Å². The van der Waals surface area contributed by atoms with Gasteiger partial charge in [-0.25, -0.2) is 0 Å². The minimum absolute atomic E-state index is 0.528. The van der Waals surface area contributed by atoms with Gasteiger partial charge in [0.25, 0.3) is 0 Å². The third-order valence-electron chi connectivity index (χ3n) is 1.44. The molecule has 0 aliphatic heterocycles. The van der Waals surface area contributed by atoms with Gasteiger partial charge < -0.3 is 0 Å². The van der Waals surface area contributed by atoms with Crippen molar-refractivity contribution in [1.82, 2.24) is 0 Å². The van der Waals surface area contributed by atoms with E-state index in [9.17, 15) is 0 Å². The molecule has 0 N–H and O–H groups in total. The van der Waals surface area contributed by atoms with Crippen LogP contribution in [0.4, 0.5) is 0 Å². The molecule has 0 atom stereocenters. The van der Waals surface area contributed by atoms with Gasteiger partial charge in [-0.15, -0.1) is 0 Å². The number of hydrogen-bond acceptors (Lipinski definition) is 0. The van der Waals surface area contributed by atoms with E-state index < -0.39 is 0 Å². The van der Waals surface area contributed by atoms with Crippen molar-refractivity contribution in [3.05, 3.63) is 34.2 Å². The van der Waals surface area contributed by atoms with E-state index in [1.807, 2.05) is 12.1 Å². The van der Waals surface area contributed by atoms with Crippen LogP contribution < -0.4 is 0 Å². The fraction of sp³-hybridized carbons (Fsp3) is 0. The van der Waals surface area contributed by atoms with Gasteiger partial charge in [0.1, 0.15) is 0 Å². The first-order valence-corrected chi connectivity index (χ1v) is 5.22. The Morgan fingerprint density at radius 3 is 2.90 bits per heavy atom. The molecular formula is C8H5ClSe. The molecule has 0 amide bonds. The second-order valence-electron chi connectivity index (χ2n) is 2.07. The zero-order chi connectivity index (χ0) is 6.97. The molecule has 0 aliphatic rings. The Kier molecular flexibility index (Phi) is 1.57. The summed E-state index contributed by atoms with van der Waals surface area (Å²) in [4.78, 5) is 2.20. The van der Waals surface area contributed by atoms with Crippen LogP contribution in [0.3, 0.4) is 0 Å². The molecule has 0 fully saturated rings. The van der Waals surface area contributed by atoms with E-state index in [0.717, 1.165) is 5.02 Å². The van der Waals surface area contributed by atoms with Gasteiger partial charge in [-0.3, -0.25) is 0 Å². The molecule has 0 saturated carbocycles. The summed E-state index contributed by atoms with van der Waals surface area (Å²) in [7, 11) is 0. The molecule has 1 aromatic carbocycles. The van der Waals surface area contributed by atoms with Crippen molar-refractivity contribution in [2.24, 2.45) is 0 Å². The van der Waals surface area contributed by atoms with Gasteiger partial charge in [0.05, 0.1) is 0 Å². The van der Waals surface area contributed by atoms with Crippen LogP contribution in [0, 0.1) is 0 Å². The summed E-state index contributed by atoms with van der Waals surface area (Å²) in [5.41, 5.74) is 0. The van der Waals surface area contributed by atoms with Crippen LogP contribution in [0.2, 0.25) is 5.02 Å². The summed E-state index contributed by atoms with van der Waals surface area (Å²) in [6.45, 7) is 0. The Morgan fingerprint density at radius 2 is 2.10 bits per heavy atom. The predicted molar refractivity (Wildman–Crippen MR) is 45.9 cm³/mol. The molecule has 10 heavy (non-hydrogen) atoms. The van der Waals surface area contributed by atoms with Gasteiger partial charge in [-0.1, -0.05) is 0 Å². The Labute approximate surface area is 70.2 Å². The monoisotopic (exact) mass is 216 g/mol. The summed E-state index contributed by atoms with van der Waals surface area (Å²) in [6, 6.07) is 8.20. The maximum atomic E-state index is 5.93. The molecule has 0 bridgehead atoms. The topological polar surface area (TPSA) is 0 Å². The second kappa shape index (κ2) is 2.43. The van der Waals surface area contributed by atoms with Crippen molar-refractivity contribution >= 4 is 35.8 Å². The summed E-state index contributed by atoms with van der Waals surface area (Å²) < 4.78 is 1.40. The van der Waals surface area contributed by atoms with Crippen molar-refractivity contribution in [3.63, 3.8) is 0 Å². The standard InChI is InChI=1S/C8H5ClSe/c9-7-2-1-3-8-6(7)4-5-10-8/h1-5H. The van der Waals surface area contributed by atoms with Crippen LogP contribution >= 0.6 is 11.6 Å². The Hall–Kier alpha value is -0.231. The molecule has 0 aliphatic carbocycles. The molecule has 0 radical (unpaired) electrons. The van der Waals surface area contributed by atoms with Gasteiger partial charge >= 0.3 is 70.0 Å². The van der Waals surface area contributed by atoms with E-state index in [-0.39, 0.29) is 0 Å². The zero-order valence-corrected chi connectivity index (χ0v) is 7.64. The SMILES string of the molecule is Clc1cccc2[se]ccc12. The van der Waals surface area contributed by atoms with E-state index >= 15 is 0 Å². The van der Waals surface area contributed by atoms with Gasteiger partial charge in [-0.05, 0) is 0 Å². The number of fused-ring (bicyclic) bond motifs is 1. The molecule has 2 rings (SSSR count). The van der Waals surface area contributed by atoms with E-state index in [4.69, 9.17) is 11.6 Å². The third-order valence-corrected chi connectivity index (χ3v) is 3.62. The predicted octanol–water partition coefficient (Wildman–Crippen LogP) is 2.55. The number of hydrogen-bond donors (Lipinski definition) is 0. The molecule has 0 unspecified atom stereocenters. The Bertz CT molecular complexity index is 351. The molecule has 0 nitrogen and oxygen atoms in total. The van der Waals surface area contributed by atoms with E-state index in [2.05, 4.69) is 17.1 Å². The molecular weight excluding hydrogens is 211 g/mol. The average molecular weight is 216 g/mol. The molecule has 1 aromatic heterocycles. The third kappa shape index (κ3) is 0.911. The van der Waals surface area contributed by atoms with Crippen LogP contribution in [-0.2, 0) is 0 Å². The van der Waals surface area contributed by atoms with Crippen LogP contribution in [0.5, 0.6) is 0 Å². The first kappa shape index (κ1) is 6.48. The summed E-state index contributed by atoms with van der Waals surface area (Å²) in [5, 5.41) is 2.11. The van der Waals surface area contributed by atoms with Gasteiger partial charge in [-0.2, -0.15) is 0 Å². The molecule has 50 valence electrons. The molecule has 2 aromatic rings. The van der Waals surface area contributed by atoms with Crippen LogP contribution in [0.15, 0.2) is 29.2 Å². The van der Waals surface area contributed by atoms with Crippen molar-refractivity contribution in [3.8, 4) is 0 Å². The number of rotatable bonds is 0. The van der Waals surface area contributed by atoms with Crippen molar-refractivity contribution in [2.75, 3.05) is 0 Å². The molecule has 1 heterocycles. The number of halogens is 1. The molecule has 0 spiro atoms. The fourth-order valence-electron chi connectivity index (χ4n) is 0.957. The maximum absolute atomic E-state index is 5.93. The summed E-state index contributed by atoms with van der Waals surface area (Å²) in [6.07, 6.45) is 0. The van der Waals surface area contributed by atoms with Gasteiger partial charge in [0.15, 0.2) is 0 Å². The summed E-state index contributed by atoms with van der Waals surface area (Å²) >= 11 is 6.46. The van der Waals surface area contributed by atoms with Crippen LogP contribution in [-0.4, -0.2) is 14.5 Å². The quantitative estimate of drug-likeness (QED) is 0.593. The molecule has 0 saturated heterocycles. The Balaban J connectivity index is 2.95. The van der Waals surface area contributed by atoms with Gasteiger partial charge in [0, 0.05) is 0 Å². The minimum atomic E-state index is 0.528. The normalized spacial score (nSPS) is 10.5. The van der Waals surface area contributed by atoms with E-state index in [0.29, 0.717) is 14.5 Å². The van der Waals surface area contributed by atoms with Gasteiger partial charge in [0.2, 0.25) is 0 Å². The summed E-state index contributed by atoms with van der Waals surface area (Å²) in [5.74, 6) is 0. The fourth-order valence-corrected chi connectivity index (χ4v) is 3.03. The second-order valence-corrected chi connectivity index (χ2v) is 4.47. The van der Waals surface area contributed by atoms with Crippen molar-refractivity contribution < 1.29 is 0 Å².